The summed E-state index contributed by atoms with van der Waals surface area (Å²) in [6.45, 7) is 10.3. The van der Waals surface area contributed by atoms with Crippen LogP contribution in [0.25, 0.3) is 0 Å². The monoisotopic (exact) mass is 330 g/mol. The van der Waals surface area contributed by atoms with Gasteiger partial charge in [0.2, 0.25) is 0 Å². The lowest BCUT2D eigenvalue weighted by atomic mass is 10.1. The number of rotatable bonds is 5. The van der Waals surface area contributed by atoms with Crippen molar-refractivity contribution in [3.63, 3.8) is 0 Å². The molecule has 0 unspecified atom stereocenters. The largest absolute Gasteiger partial charge is 0.319 e. The average Bonchev–Trinajstić information content (AvgIpc) is 2.73. The Hall–Kier alpha value is -2.37. The fourth-order valence-corrected chi connectivity index (χ4v) is 2.65. The molecule has 2 heterocycles. The Bertz CT molecular complexity index is 815. The Morgan fingerprint density at radius 3 is 2.50 bits per heavy atom. The van der Waals surface area contributed by atoms with Crippen LogP contribution in [0.4, 0.5) is 5.69 Å². The van der Waals surface area contributed by atoms with E-state index in [1.807, 2.05) is 27.0 Å². The highest BCUT2D eigenvalue weighted by Gasteiger charge is 2.19. The van der Waals surface area contributed by atoms with Gasteiger partial charge in [0.15, 0.2) is 0 Å². The smallest absolute Gasteiger partial charge is 0.263 e. The summed E-state index contributed by atoms with van der Waals surface area (Å²) in [7, 11) is 1.82. The molecule has 0 aromatic carbocycles. The van der Waals surface area contributed by atoms with E-state index in [2.05, 4.69) is 24.3 Å². The normalized spacial score (nSPS) is 11.1. The first-order valence-electron chi connectivity index (χ1n) is 8.24. The molecule has 0 spiro atoms. The molecule has 1 N–H and O–H groups in total. The Morgan fingerprint density at radius 2 is 1.96 bits per heavy atom. The summed E-state index contributed by atoms with van der Waals surface area (Å²) in [5.41, 5.74) is 2.89. The topological polar surface area (TPSA) is 68.9 Å². The maximum Gasteiger partial charge on any atom is 0.263 e. The lowest BCUT2D eigenvalue weighted by Gasteiger charge is -2.12. The molecule has 0 saturated carbocycles. The molecule has 2 aromatic heterocycles. The third kappa shape index (κ3) is 3.58. The Morgan fingerprint density at radius 1 is 1.29 bits per heavy atom. The van der Waals surface area contributed by atoms with Crippen LogP contribution in [0.1, 0.15) is 47.6 Å². The highest BCUT2D eigenvalue weighted by Crippen LogP contribution is 2.19. The highest BCUT2D eigenvalue weighted by atomic mass is 16.2. The molecule has 0 radical (unpaired) electrons. The lowest BCUT2D eigenvalue weighted by molar-refractivity contribution is 0.102. The summed E-state index contributed by atoms with van der Waals surface area (Å²) in [6, 6.07) is 1.82. The molecule has 6 heteroatoms. The molecule has 2 rings (SSSR count). The molecule has 0 aliphatic heterocycles. The van der Waals surface area contributed by atoms with E-state index in [1.54, 1.807) is 22.4 Å². The molecule has 0 fully saturated rings. The third-order valence-corrected chi connectivity index (χ3v) is 4.30. The second-order valence-electron chi connectivity index (χ2n) is 6.68. The van der Waals surface area contributed by atoms with Crippen LogP contribution in [0.15, 0.2) is 17.1 Å². The van der Waals surface area contributed by atoms with Gasteiger partial charge in [-0.05, 0) is 44.7 Å². The fourth-order valence-electron chi connectivity index (χ4n) is 2.65. The van der Waals surface area contributed by atoms with Gasteiger partial charge < -0.3 is 9.88 Å². The van der Waals surface area contributed by atoms with Crippen LogP contribution in [0.5, 0.6) is 0 Å². The zero-order valence-electron chi connectivity index (χ0n) is 15.3. The van der Waals surface area contributed by atoms with Crippen molar-refractivity contribution in [1.82, 2.24) is 14.3 Å². The predicted octanol–water partition coefficient (Wildman–Crippen LogP) is 2.81. The van der Waals surface area contributed by atoms with Crippen molar-refractivity contribution >= 4 is 11.6 Å². The van der Waals surface area contributed by atoms with Crippen LogP contribution in [0.3, 0.4) is 0 Å². The zero-order chi connectivity index (χ0) is 18.0. The first kappa shape index (κ1) is 18.0. The van der Waals surface area contributed by atoms with E-state index in [4.69, 9.17) is 0 Å². The third-order valence-electron chi connectivity index (χ3n) is 4.30. The Labute approximate surface area is 142 Å². The Balaban J connectivity index is 2.35. The molecule has 0 aliphatic rings. The van der Waals surface area contributed by atoms with Crippen molar-refractivity contribution < 1.29 is 4.79 Å². The van der Waals surface area contributed by atoms with Crippen molar-refractivity contribution in [1.29, 1.82) is 0 Å². The van der Waals surface area contributed by atoms with Gasteiger partial charge in [-0.1, -0.05) is 13.8 Å². The van der Waals surface area contributed by atoms with Gasteiger partial charge in [-0.15, -0.1) is 0 Å². The molecule has 0 aliphatic carbocycles. The zero-order valence-corrected chi connectivity index (χ0v) is 15.3. The van der Waals surface area contributed by atoms with Crippen LogP contribution in [-0.2, 0) is 13.6 Å². The number of nitrogens with one attached hydrogen (secondary N) is 1. The summed E-state index contributed by atoms with van der Waals surface area (Å²) in [5, 5.41) is 7.14. The van der Waals surface area contributed by atoms with E-state index in [9.17, 15) is 9.59 Å². The minimum Gasteiger partial charge on any atom is -0.319 e. The summed E-state index contributed by atoms with van der Waals surface area (Å²) in [4.78, 5) is 25.4. The second kappa shape index (κ2) is 7.03. The number of carbonyl (C=O) groups excluding carboxylic acids is 1. The number of anilines is 1. The first-order chi connectivity index (χ1) is 11.2. The van der Waals surface area contributed by atoms with Crippen LogP contribution >= 0.6 is 0 Å². The van der Waals surface area contributed by atoms with E-state index in [0.717, 1.165) is 17.8 Å². The summed E-state index contributed by atoms with van der Waals surface area (Å²) in [5.74, 6) is 0.117. The van der Waals surface area contributed by atoms with Crippen molar-refractivity contribution in [2.75, 3.05) is 5.32 Å². The molecule has 130 valence electrons. The van der Waals surface area contributed by atoms with Crippen LogP contribution < -0.4 is 10.9 Å². The van der Waals surface area contributed by atoms with Crippen molar-refractivity contribution in [2.45, 2.75) is 47.6 Å². The fraction of sp³-hybridized carbons (Fsp3) is 0.500. The van der Waals surface area contributed by atoms with Crippen LogP contribution in [0.2, 0.25) is 0 Å². The number of amides is 1. The van der Waals surface area contributed by atoms with Crippen LogP contribution in [-0.4, -0.2) is 20.3 Å². The van der Waals surface area contributed by atoms with Gasteiger partial charge >= 0.3 is 0 Å². The number of hydrogen-bond acceptors (Lipinski definition) is 3. The van der Waals surface area contributed by atoms with Crippen molar-refractivity contribution in [3.05, 3.63) is 45.1 Å². The van der Waals surface area contributed by atoms with E-state index in [1.165, 1.54) is 0 Å². The van der Waals surface area contributed by atoms with Gasteiger partial charge in [-0.3, -0.25) is 14.3 Å². The average molecular weight is 330 g/mol. The Kier molecular flexibility index (Phi) is 5.26. The molecular weight excluding hydrogens is 304 g/mol. The number of hydrogen-bond donors (Lipinski definition) is 1. The quantitative estimate of drug-likeness (QED) is 0.916. The molecule has 0 bridgehead atoms. The summed E-state index contributed by atoms with van der Waals surface area (Å²) in [6.07, 6.45) is 2.66. The molecule has 6 nitrogen and oxygen atoms in total. The van der Waals surface area contributed by atoms with E-state index < -0.39 is 0 Å². The van der Waals surface area contributed by atoms with Gasteiger partial charge in [-0.2, -0.15) is 5.10 Å². The number of aromatic nitrogens is 3. The van der Waals surface area contributed by atoms with Crippen molar-refractivity contribution in [3.8, 4) is 0 Å². The maximum atomic E-state index is 12.7. The van der Waals surface area contributed by atoms with Crippen molar-refractivity contribution in [2.24, 2.45) is 13.0 Å². The molecule has 0 saturated heterocycles. The minimum atomic E-state index is -0.379. The molecule has 24 heavy (non-hydrogen) atoms. The van der Waals surface area contributed by atoms with E-state index >= 15 is 0 Å². The minimum absolute atomic E-state index is 0.198. The summed E-state index contributed by atoms with van der Waals surface area (Å²) < 4.78 is 3.33. The standard InChI is InChI=1S/C18H26N4O2/c1-11(2)7-9-22-10-8-12(3)15(18(22)24)17(23)19-16-13(4)20-21(6)14(16)5/h8,10-11H,7,9H2,1-6H3,(H,19,23). The lowest BCUT2D eigenvalue weighted by Crippen LogP contribution is -2.30. The van der Waals surface area contributed by atoms with Gasteiger partial charge in [0.25, 0.3) is 11.5 Å². The molecule has 1 amide bonds. The van der Waals surface area contributed by atoms with E-state index in [-0.39, 0.29) is 17.0 Å². The number of pyridine rings is 1. The van der Waals surface area contributed by atoms with Gasteiger partial charge in [0.1, 0.15) is 5.56 Å². The molecule has 0 atom stereocenters. The molecule has 2 aromatic rings. The number of aryl methyl sites for hydroxylation is 4. The van der Waals surface area contributed by atoms with Gasteiger partial charge in [0.05, 0.1) is 17.1 Å². The van der Waals surface area contributed by atoms with Gasteiger partial charge in [0, 0.05) is 19.8 Å². The SMILES string of the molecule is Cc1ccn(CCC(C)C)c(=O)c1C(=O)Nc1c(C)nn(C)c1C. The molecular formula is C18H26N4O2. The number of carbonyl (C=O) groups is 1. The number of nitrogens with zero attached hydrogens (tertiary/aromatic N) is 3. The van der Waals surface area contributed by atoms with Gasteiger partial charge in [-0.25, -0.2) is 0 Å². The first-order valence-corrected chi connectivity index (χ1v) is 8.24. The second-order valence-corrected chi connectivity index (χ2v) is 6.68. The maximum absolute atomic E-state index is 12.7. The summed E-state index contributed by atoms with van der Waals surface area (Å²) >= 11 is 0. The van der Waals surface area contributed by atoms with Crippen LogP contribution in [0, 0.1) is 26.7 Å². The highest BCUT2D eigenvalue weighted by molar-refractivity contribution is 6.05. The van der Waals surface area contributed by atoms with E-state index in [0.29, 0.717) is 23.7 Å². The predicted molar refractivity (Wildman–Crippen MR) is 95.5 cm³/mol.